The molecule has 3 saturated carbocycles. The Hall–Kier alpha value is -2.95. The molecule has 0 aliphatic heterocycles. The van der Waals surface area contributed by atoms with Gasteiger partial charge in [0, 0.05) is 23.9 Å². The monoisotopic (exact) mass is 509 g/mol. The van der Waals surface area contributed by atoms with Gasteiger partial charge in [-0.1, -0.05) is 13.8 Å². The van der Waals surface area contributed by atoms with Crippen molar-refractivity contribution in [3.05, 3.63) is 23.5 Å². The van der Waals surface area contributed by atoms with Crippen LogP contribution in [0, 0.1) is 31.6 Å². The van der Waals surface area contributed by atoms with Crippen LogP contribution < -0.4 is 15.4 Å². The Kier molecular flexibility index (Phi) is 5.63. The molecule has 0 amide bonds. The molecule has 10 heteroatoms. The molecule has 3 aromatic heterocycles. The standard InChI is InChI=1S/C27H35N5O5/c1-13(2)12-36-20-10-17-9-19(37-22(17)15(4)29-20)21-14(3)30-25(28-11-16-5-6-16)31-24(21)32-26(34)8-7-18-23(33)27(18,26)35/h9-10,13,16,18,23,33-35H,5-8,11-12H2,1-4H3,(H2,28,30,31,32). The van der Waals surface area contributed by atoms with Crippen LogP contribution in [0.4, 0.5) is 11.8 Å². The Balaban J connectivity index is 1.40. The number of fused-ring (bicyclic) bond motifs is 2. The van der Waals surface area contributed by atoms with Crippen LogP contribution >= 0.6 is 0 Å². The molecular formula is C27H35N5O5. The first kappa shape index (κ1) is 24.4. The van der Waals surface area contributed by atoms with E-state index in [1.54, 1.807) is 0 Å². The predicted octanol–water partition coefficient (Wildman–Crippen LogP) is 3.37. The van der Waals surface area contributed by atoms with Crippen LogP contribution in [0.25, 0.3) is 22.3 Å². The highest BCUT2D eigenvalue weighted by molar-refractivity contribution is 5.88. The Labute approximate surface area is 215 Å². The zero-order valence-electron chi connectivity index (χ0n) is 21.7. The fraction of sp³-hybridized carbons (Fsp3) is 0.593. The van der Waals surface area contributed by atoms with Gasteiger partial charge in [-0.25, -0.2) is 9.97 Å². The van der Waals surface area contributed by atoms with Gasteiger partial charge in [-0.3, -0.25) is 0 Å². The van der Waals surface area contributed by atoms with Gasteiger partial charge in [0.05, 0.1) is 29.7 Å². The minimum absolute atomic E-state index is 0.290. The van der Waals surface area contributed by atoms with Gasteiger partial charge in [0.15, 0.2) is 11.3 Å². The summed E-state index contributed by atoms with van der Waals surface area (Å²) in [5.41, 5.74) is -0.773. The summed E-state index contributed by atoms with van der Waals surface area (Å²) in [4.78, 5) is 13.9. The molecule has 3 heterocycles. The van der Waals surface area contributed by atoms with E-state index in [0.29, 0.717) is 70.8 Å². The van der Waals surface area contributed by atoms with E-state index in [2.05, 4.69) is 34.4 Å². The molecular weight excluding hydrogens is 474 g/mol. The van der Waals surface area contributed by atoms with Gasteiger partial charge < -0.3 is 35.1 Å². The Morgan fingerprint density at radius 1 is 1.11 bits per heavy atom. The lowest BCUT2D eigenvalue weighted by molar-refractivity contribution is -0.0851. The van der Waals surface area contributed by atoms with E-state index < -0.39 is 17.4 Å². The maximum Gasteiger partial charge on any atom is 0.224 e. The van der Waals surface area contributed by atoms with Crippen molar-refractivity contribution < 1.29 is 24.5 Å². The van der Waals surface area contributed by atoms with E-state index >= 15 is 0 Å². The number of hydrogen-bond acceptors (Lipinski definition) is 10. The van der Waals surface area contributed by atoms with Crippen molar-refractivity contribution in [3.63, 3.8) is 0 Å². The van der Waals surface area contributed by atoms with Crippen molar-refractivity contribution in [1.82, 2.24) is 15.0 Å². The smallest absolute Gasteiger partial charge is 0.224 e. The summed E-state index contributed by atoms with van der Waals surface area (Å²) in [5, 5.41) is 39.9. The lowest BCUT2D eigenvalue weighted by Crippen LogP contribution is -2.51. The van der Waals surface area contributed by atoms with Crippen LogP contribution in [-0.2, 0) is 0 Å². The SMILES string of the molecule is Cc1nc(NCC2CC2)nc(NC2(O)CCC3C(O)C32O)c1-c1cc2cc(OCC(C)C)nc(C)c2o1. The molecule has 3 fully saturated rings. The zero-order valence-corrected chi connectivity index (χ0v) is 21.7. The van der Waals surface area contributed by atoms with Crippen LogP contribution in [0.1, 0.15) is 50.9 Å². The second-order valence-electron chi connectivity index (χ2n) is 11.4. The number of nitrogens with zero attached hydrogens (tertiary/aromatic N) is 3. The van der Waals surface area contributed by atoms with E-state index in [1.165, 1.54) is 12.8 Å². The van der Waals surface area contributed by atoms with Crippen molar-refractivity contribution >= 4 is 22.7 Å². The molecule has 0 spiro atoms. The van der Waals surface area contributed by atoms with Gasteiger partial charge in [0.25, 0.3) is 0 Å². The lowest BCUT2D eigenvalue weighted by Gasteiger charge is -2.32. The van der Waals surface area contributed by atoms with Crippen LogP contribution in [0.2, 0.25) is 0 Å². The molecule has 3 aliphatic carbocycles. The number of aryl methyl sites for hydroxylation is 2. The molecule has 37 heavy (non-hydrogen) atoms. The molecule has 198 valence electrons. The molecule has 3 aliphatic rings. The largest absolute Gasteiger partial charge is 0.477 e. The third kappa shape index (κ3) is 4.11. The highest BCUT2D eigenvalue weighted by atomic mass is 16.5. The molecule has 4 unspecified atom stereocenters. The predicted molar refractivity (Wildman–Crippen MR) is 138 cm³/mol. The van der Waals surface area contributed by atoms with Crippen LogP contribution in [-0.4, -0.2) is 60.9 Å². The Morgan fingerprint density at radius 3 is 2.57 bits per heavy atom. The number of aliphatic hydroxyl groups excluding tert-OH is 1. The van der Waals surface area contributed by atoms with Crippen LogP contribution in [0.5, 0.6) is 5.88 Å². The third-order valence-electron chi connectivity index (χ3n) is 7.89. The number of hydrogen-bond donors (Lipinski definition) is 5. The molecule has 0 saturated heterocycles. The Morgan fingerprint density at radius 2 is 1.89 bits per heavy atom. The topological polar surface area (TPSA) is 146 Å². The van der Waals surface area contributed by atoms with Crippen molar-refractivity contribution in [2.45, 2.75) is 70.8 Å². The lowest BCUT2D eigenvalue weighted by atomic mass is 10.0. The number of pyridine rings is 1. The number of aromatic nitrogens is 3. The molecule has 0 radical (unpaired) electrons. The van der Waals surface area contributed by atoms with Gasteiger partial charge in [0.2, 0.25) is 11.8 Å². The highest BCUT2D eigenvalue weighted by Gasteiger charge is 2.78. The number of rotatable bonds is 9. The average molecular weight is 510 g/mol. The molecule has 4 atom stereocenters. The van der Waals surface area contributed by atoms with Crippen LogP contribution in [0.3, 0.4) is 0 Å². The zero-order chi connectivity index (χ0) is 26.1. The average Bonchev–Trinajstić information content (AvgIpc) is 3.67. The highest BCUT2D eigenvalue weighted by Crippen LogP contribution is 2.61. The molecule has 0 aromatic carbocycles. The van der Waals surface area contributed by atoms with E-state index in [-0.39, 0.29) is 12.3 Å². The van der Waals surface area contributed by atoms with Gasteiger partial charge in [-0.2, -0.15) is 4.98 Å². The van der Waals surface area contributed by atoms with Crippen molar-refractivity contribution in [2.75, 3.05) is 23.8 Å². The van der Waals surface area contributed by atoms with E-state index in [0.717, 1.165) is 11.9 Å². The molecule has 3 aromatic rings. The number of ether oxygens (including phenoxy) is 1. The normalized spacial score (nSPS) is 28.5. The second-order valence-corrected chi connectivity index (χ2v) is 11.4. The van der Waals surface area contributed by atoms with Gasteiger partial charge in [-0.05, 0) is 57.4 Å². The maximum absolute atomic E-state index is 11.4. The summed E-state index contributed by atoms with van der Waals surface area (Å²) < 4.78 is 12.1. The van der Waals surface area contributed by atoms with Gasteiger partial charge in [-0.15, -0.1) is 0 Å². The number of furan rings is 1. The van der Waals surface area contributed by atoms with Gasteiger partial charge in [0.1, 0.15) is 17.2 Å². The van der Waals surface area contributed by atoms with E-state index in [9.17, 15) is 15.3 Å². The second kappa shape index (κ2) is 8.54. The minimum atomic E-state index is -1.72. The number of aliphatic hydroxyl groups is 3. The summed E-state index contributed by atoms with van der Waals surface area (Å²) in [7, 11) is 0. The summed E-state index contributed by atoms with van der Waals surface area (Å²) in [6.07, 6.45) is 2.22. The third-order valence-corrected chi connectivity index (χ3v) is 7.89. The molecule has 5 N–H and O–H groups in total. The Bertz CT molecular complexity index is 1350. The first-order valence-electron chi connectivity index (χ1n) is 13.2. The van der Waals surface area contributed by atoms with Gasteiger partial charge >= 0.3 is 0 Å². The quantitative estimate of drug-likeness (QED) is 0.272. The number of nitrogens with one attached hydrogen (secondary N) is 2. The van der Waals surface area contributed by atoms with E-state index in [1.807, 2.05) is 26.0 Å². The first-order chi connectivity index (χ1) is 17.6. The molecule has 0 bridgehead atoms. The van der Waals surface area contributed by atoms with Crippen molar-refractivity contribution in [3.8, 4) is 17.2 Å². The molecule has 6 rings (SSSR count). The van der Waals surface area contributed by atoms with Crippen LogP contribution in [0.15, 0.2) is 16.5 Å². The summed E-state index contributed by atoms with van der Waals surface area (Å²) in [5.74, 6) is 2.47. The minimum Gasteiger partial charge on any atom is -0.477 e. The fourth-order valence-corrected chi connectivity index (χ4v) is 5.50. The number of anilines is 2. The summed E-state index contributed by atoms with van der Waals surface area (Å²) >= 11 is 0. The maximum atomic E-state index is 11.4. The summed E-state index contributed by atoms with van der Waals surface area (Å²) in [6.45, 7) is 9.24. The molecule has 10 nitrogen and oxygen atoms in total. The summed E-state index contributed by atoms with van der Waals surface area (Å²) in [6, 6.07) is 3.74. The van der Waals surface area contributed by atoms with Crippen molar-refractivity contribution in [1.29, 1.82) is 0 Å². The van der Waals surface area contributed by atoms with E-state index in [4.69, 9.17) is 14.1 Å². The first-order valence-corrected chi connectivity index (χ1v) is 13.2. The fourth-order valence-electron chi connectivity index (χ4n) is 5.50. The van der Waals surface area contributed by atoms with Crippen molar-refractivity contribution in [2.24, 2.45) is 17.8 Å².